The number of hydrogen-bond donors (Lipinski definition) is 3. The van der Waals surface area contributed by atoms with Crippen LogP contribution in [0.4, 0.5) is 5.82 Å². The second-order valence-corrected chi connectivity index (χ2v) is 8.36. The maximum Gasteiger partial charge on any atom is 0.242 e. The number of nitrogens with zero attached hydrogens (tertiary/aromatic N) is 1. The van der Waals surface area contributed by atoms with Gasteiger partial charge in [-0.25, -0.2) is 18.1 Å². The van der Waals surface area contributed by atoms with Crippen LogP contribution in [0.2, 0.25) is 0 Å². The lowest BCUT2D eigenvalue weighted by molar-refractivity contribution is -0.118. The van der Waals surface area contributed by atoms with E-state index in [1.165, 1.54) is 24.8 Å². The van der Waals surface area contributed by atoms with Crippen LogP contribution in [-0.4, -0.2) is 44.6 Å². The highest BCUT2D eigenvalue weighted by Crippen LogP contribution is 2.26. The van der Waals surface area contributed by atoms with Crippen LogP contribution >= 0.6 is 0 Å². The van der Waals surface area contributed by atoms with Crippen LogP contribution in [0, 0.1) is 5.92 Å². The fourth-order valence-corrected chi connectivity index (χ4v) is 4.27. The number of aromatic nitrogens is 1. The summed E-state index contributed by atoms with van der Waals surface area (Å²) in [5.74, 6) is 0.212. The smallest absolute Gasteiger partial charge is 0.242 e. The number of amides is 1. The fraction of sp³-hybridized carbons (Fsp3) is 0.625. The minimum Gasteiger partial charge on any atom is -0.378 e. The highest BCUT2D eigenvalue weighted by atomic mass is 32.2. The zero-order chi connectivity index (χ0) is 17.9. The lowest BCUT2D eigenvalue weighted by Gasteiger charge is -2.26. The summed E-state index contributed by atoms with van der Waals surface area (Å²) in [7, 11) is -3.63. The number of carbonyl (C=O) groups excluding carboxylic acids is 1. The maximum absolute atomic E-state index is 12.3. The molecule has 0 unspecified atom stereocenters. The van der Waals surface area contributed by atoms with Crippen molar-refractivity contribution in [1.29, 1.82) is 0 Å². The summed E-state index contributed by atoms with van der Waals surface area (Å²) in [6.07, 6.45) is 6.57. The molecule has 1 aromatic rings. The van der Waals surface area contributed by atoms with Gasteiger partial charge in [-0.1, -0.05) is 19.3 Å². The van der Waals surface area contributed by atoms with Crippen LogP contribution in [0.5, 0.6) is 0 Å². The number of ether oxygens (including phenoxy) is 1. The van der Waals surface area contributed by atoms with Crippen LogP contribution in [0.15, 0.2) is 23.2 Å². The van der Waals surface area contributed by atoms with Crippen molar-refractivity contribution in [3.8, 4) is 0 Å². The van der Waals surface area contributed by atoms with E-state index in [4.69, 9.17) is 10.5 Å². The van der Waals surface area contributed by atoms with Crippen molar-refractivity contribution in [3.63, 3.8) is 0 Å². The molecule has 3 rings (SSSR count). The molecule has 1 atom stereocenters. The quantitative estimate of drug-likeness (QED) is 0.676. The Morgan fingerprint density at radius 3 is 2.52 bits per heavy atom. The third-order valence-corrected chi connectivity index (χ3v) is 6.22. The molecule has 0 spiro atoms. The monoisotopic (exact) mass is 368 g/mol. The molecule has 0 aromatic carbocycles. The summed E-state index contributed by atoms with van der Waals surface area (Å²) in [5.41, 5.74) is 6.06. The Bertz CT molecular complexity index is 697. The minimum absolute atomic E-state index is 0.0500. The molecule has 1 aliphatic heterocycles. The summed E-state index contributed by atoms with van der Waals surface area (Å²) in [5, 5.41) is 2.67. The summed E-state index contributed by atoms with van der Waals surface area (Å²) in [6.45, 7) is 0.750. The Balaban J connectivity index is 1.59. The van der Waals surface area contributed by atoms with Gasteiger partial charge in [-0.05, 0) is 30.9 Å². The molecule has 1 amide bonds. The highest BCUT2D eigenvalue weighted by Gasteiger charge is 2.27. The molecule has 2 aliphatic rings. The molecule has 8 nitrogen and oxygen atoms in total. The molecule has 25 heavy (non-hydrogen) atoms. The van der Waals surface area contributed by atoms with Crippen LogP contribution in [-0.2, 0) is 19.6 Å². The first-order valence-corrected chi connectivity index (χ1v) is 10.1. The van der Waals surface area contributed by atoms with Gasteiger partial charge in [0.1, 0.15) is 10.7 Å². The first-order chi connectivity index (χ1) is 12.0. The Hall–Kier alpha value is -1.55. The van der Waals surface area contributed by atoms with E-state index in [9.17, 15) is 13.2 Å². The summed E-state index contributed by atoms with van der Waals surface area (Å²) < 4.78 is 31.8. The van der Waals surface area contributed by atoms with Gasteiger partial charge in [0, 0.05) is 6.20 Å². The maximum atomic E-state index is 12.3. The SMILES string of the molecule is N[C@H](C(=O)Nc1ccc(S(=O)(=O)NC2COC2)cn1)C1CCCCC1. The van der Waals surface area contributed by atoms with Crippen LogP contribution in [0.3, 0.4) is 0 Å². The van der Waals surface area contributed by atoms with Crippen molar-refractivity contribution < 1.29 is 17.9 Å². The van der Waals surface area contributed by atoms with E-state index < -0.39 is 16.1 Å². The van der Waals surface area contributed by atoms with Gasteiger partial charge < -0.3 is 15.8 Å². The molecule has 1 aromatic heterocycles. The van der Waals surface area contributed by atoms with Crippen LogP contribution in [0.25, 0.3) is 0 Å². The van der Waals surface area contributed by atoms with Crippen molar-refractivity contribution in [2.24, 2.45) is 11.7 Å². The molecule has 138 valence electrons. The Kier molecular flexibility index (Phi) is 5.67. The molecular weight excluding hydrogens is 344 g/mol. The molecule has 2 fully saturated rings. The van der Waals surface area contributed by atoms with Crippen molar-refractivity contribution in [2.75, 3.05) is 18.5 Å². The van der Waals surface area contributed by atoms with E-state index in [-0.39, 0.29) is 22.8 Å². The Morgan fingerprint density at radius 2 is 1.96 bits per heavy atom. The van der Waals surface area contributed by atoms with E-state index in [1.54, 1.807) is 0 Å². The summed E-state index contributed by atoms with van der Waals surface area (Å²) in [4.78, 5) is 16.3. The largest absolute Gasteiger partial charge is 0.378 e. The van der Waals surface area contributed by atoms with E-state index in [2.05, 4.69) is 15.0 Å². The minimum atomic E-state index is -3.63. The average Bonchev–Trinajstić information content (AvgIpc) is 2.59. The number of nitrogens with two attached hydrogens (primary N) is 1. The van der Waals surface area contributed by atoms with Gasteiger partial charge in [-0.3, -0.25) is 4.79 Å². The molecule has 0 bridgehead atoms. The van der Waals surface area contributed by atoms with Gasteiger partial charge in [0.25, 0.3) is 0 Å². The van der Waals surface area contributed by atoms with Gasteiger partial charge in [-0.2, -0.15) is 0 Å². The fourth-order valence-electron chi connectivity index (χ4n) is 3.12. The van der Waals surface area contributed by atoms with Gasteiger partial charge in [0.2, 0.25) is 15.9 Å². The second-order valence-electron chi connectivity index (χ2n) is 6.65. The van der Waals surface area contributed by atoms with E-state index in [0.717, 1.165) is 25.7 Å². The van der Waals surface area contributed by atoms with Gasteiger partial charge in [0.15, 0.2) is 0 Å². The lowest BCUT2D eigenvalue weighted by atomic mass is 9.84. The molecule has 2 heterocycles. The van der Waals surface area contributed by atoms with Crippen molar-refractivity contribution in [2.45, 2.75) is 49.1 Å². The van der Waals surface area contributed by atoms with Gasteiger partial charge in [0.05, 0.1) is 25.3 Å². The van der Waals surface area contributed by atoms with E-state index >= 15 is 0 Å². The zero-order valence-electron chi connectivity index (χ0n) is 14.0. The van der Waals surface area contributed by atoms with E-state index in [0.29, 0.717) is 19.0 Å². The average molecular weight is 368 g/mol. The third kappa shape index (κ3) is 4.55. The number of nitrogens with one attached hydrogen (secondary N) is 2. The number of carbonyl (C=O) groups is 1. The lowest BCUT2D eigenvalue weighted by Crippen LogP contribution is -2.48. The van der Waals surface area contributed by atoms with Crippen molar-refractivity contribution >= 4 is 21.7 Å². The zero-order valence-corrected chi connectivity index (χ0v) is 14.8. The molecule has 1 saturated heterocycles. The number of anilines is 1. The molecule has 0 radical (unpaired) electrons. The number of hydrogen-bond acceptors (Lipinski definition) is 6. The van der Waals surface area contributed by atoms with Crippen LogP contribution in [0.1, 0.15) is 32.1 Å². The molecule has 1 aliphatic carbocycles. The van der Waals surface area contributed by atoms with Crippen molar-refractivity contribution in [3.05, 3.63) is 18.3 Å². The molecule has 4 N–H and O–H groups in total. The van der Waals surface area contributed by atoms with Gasteiger partial charge >= 0.3 is 0 Å². The Morgan fingerprint density at radius 1 is 1.24 bits per heavy atom. The first-order valence-electron chi connectivity index (χ1n) is 8.58. The number of rotatable bonds is 6. The Labute approximate surface area is 147 Å². The van der Waals surface area contributed by atoms with Gasteiger partial charge in [-0.15, -0.1) is 0 Å². The second kappa shape index (κ2) is 7.77. The van der Waals surface area contributed by atoms with Crippen molar-refractivity contribution in [1.82, 2.24) is 9.71 Å². The number of sulfonamides is 1. The predicted molar refractivity (Wildman–Crippen MR) is 92.3 cm³/mol. The molecule has 1 saturated carbocycles. The highest BCUT2D eigenvalue weighted by molar-refractivity contribution is 7.89. The first kappa shape index (κ1) is 18.2. The normalized spacial score (nSPS) is 20.7. The standard InChI is InChI=1S/C16H24N4O4S/c17-15(11-4-2-1-3-5-11)16(21)19-14-7-6-13(8-18-14)25(22,23)20-12-9-24-10-12/h6-8,11-12,15,20H,1-5,9-10,17H2,(H,18,19,21)/t15-/m0/s1. The number of pyridine rings is 1. The summed E-state index contributed by atoms with van der Waals surface area (Å²) >= 11 is 0. The third-order valence-electron chi connectivity index (χ3n) is 4.72. The molecule has 9 heteroatoms. The van der Waals surface area contributed by atoms with E-state index in [1.807, 2.05) is 0 Å². The topological polar surface area (TPSA) is 123 Å². The summed E-state index contributed by atoms with van der Waals surface area (Å²) in [6, 6.07) is 2.12. The van der Waals surface area contributed by atoms with Crippen LogP contribution < -0.4 is 15.8 Å². The molecular formula is C16H24N4O4S. The predicted octanol–water partition coefficient (Wildman–Crippen LogP) is 0.605.